The van der Waals surface area contributed by atoms with Crippen molar-refractivity contribution >= 4 is 11.8 Å². The predicted octanol–water partition coefficient (Wildman–Crippen LogP) is 4.47. The fourth-order valence-electron chi connectivity index (χ4n) is 4.01. The summed E-state index contributed by atoms with van der Waals surface area (Å²) in [4.78, 5) is 0. The number of thioether (sulfide) groups is 1. The summed E-state index contributed by atoms with van der Waals surface area (Å²) < 4.78 is 0. The molecule has 0 aromatic heterocycles. The van der Waals surface area contributed by atoms with Crippen LogP contribution in [-0.2, 0) is 0 Å². The highest BCUT2D eigenvalue weighted by Gasteiger charge is 2.32. The van der Waals surface area contributed by atoms with Gasteiger partial charge in [0.05, 0.1) is 0 Å². The van der Waals surface area contributed by atoms with Gasteiger partial charge in [0.2, 0.25) is 0 Å². The lowest BCUT2D eigenvalue weighted by molar-refractivity contribution is 0.182. The van der Waals surface area contributed by atoms with Gasteiger partial charge < -0.3 is 5.32 Å². The van der Waals surface area contributed by atoms with Crippen LogP contribution in [0.3, 0.4) is 0 Å². The van der Waals surface area contributed by atoms with Crippen molar-refractivity contribution in [3.05, 3.63) is 0 Å². The van der Waals surface area contributed by atoms with Gasteiger partial charge in [-0.2, -0.15) is 11.8 Å². The third kappa shape index (κ3) is 3.66. The molecule has 0 spiro atoms. The molecule has 0 heterocycles. The Morgan fingerprint density at radius 2 is 1.50 bits per heavy atom. The molecule has 2 rings (SSSR count). The van der Waals surface area contributed by atoms with Crippen LogP contribution in [0.15, 0.2) is 0 Å². The van der Waals surface area contributed by atoms with Crippen LogP contribution in [0.2, 0.25) is 0 Å². The third-order valence-corrected chi connectivity index (χ3v) is 6.28. The summed E-state index contributed by atoms with van der Waals surface area (Å²) in [5, 5.41) is 4.94. The molecule has 2 aliphatic carbocycles. The first-order chi connectivity index (χ1) is 8.72. The van der Waals surface area contributed by atoms with Crippen molar-refractivity contribution in [2.24, 2.45) is 11.8 Å². The molecule has 106 valence electrons. The zero-order valence-electron chi connectivity index (χ0n) is 12.5. The van der Waals surface area contributed by atoms with Gasteiger partial charge in [0, 0.05) is 17.3 Å². The van der Waals surface area contributed by atoms with E-state index in [2.05, 4.69) is 37.2 Å². The molecular formula is C16H31NS. The second-order valence-corrected chi connectivity index (χ2v) is 7.71. The Kier molecular flexibility index (Phi) is 5.88. The standard InChI is InChI=1S/C16H31NS/c1-12(2)13-8-4-5-9-14(13)17-15-10-6-7-11-16(15)18-3/h12-17H,4-11H2,1-3H3. The van der Waals surface area contributed by atoms with Crippen LogP contribution in [0.5, 0.6) is 0 Å². The Hall–Kier alpha value is 0.310. The second-order valence-electron chi connectivity index (χ2n) is 6.63. The second kappa shape index (κ2) is 7.19. The first-order valence-corrected chi connectivity index (χ1v) is 9.30. The van der Waals surface area contributed by atoms with Crippen molar-refractivity contribution in [3.63, 3.8) is 0 Å². The summed E-state index contributed by atoms with van der Waals surface area (Å²) >= 11 is 2.09. The van der Waals surface area contributed by atoms with Gasteiger partial charge in [-0.05, 0) is 43.8 Å². The summed E-state index contributed by atoms with van der Waals surface area (Å²) in [6.45, 7) is 4.83. The molecule has 1 N–H and O–H groups in total. The van der Waals surface area contributed by atoms with Crippen LogP contribution in [0.4, 0.5) is 0 Å². The van der Waals surface area contributed by atoms with E-state index >= 15 is 0 Å². The third-order valence-electron chi connectivity index (χ3n) is 5.11. The SMILES string of the molecule is CSC1CCCCC1NC1CCCCC1C(C)C. The lowest BCUT2D eigenvalue weighted by atomic mass is 9.77. The van der Waals surface area contributed by atoms with Gasteiger partial charge in [-0.3, -0.25) is 0 Å². The number of rotatable bonds is 4. The molecule has 2 heteroatoms. The van der Waals surface area contributed by atoms with E-state index in [1.165, 1.54) is 51.4 Å². The minimum absolute atomic E-state index is 0.790. The van der Waals surface area contributed by atoms with E-state index in [1.54, 1.807) is 0 Å². The summed E-state index contributed by atoms with van der Waals surface area (Å²) in [7, 11) is 0. The van der Waals surface area contributed by atoms with Crippen molar-refractivity contribution in [1.82, 2.24) is 5.32 Å². The van der Waals surface area contributed by atoms with Gasteiger partial charge >= 0.3 is 0 Å². The van der Waals surface area contributed by atoms with Crippen LogP contribution in [0.1, 0.15) is 65.2 Å². The van der Waals surface area contributed by atoms with E-state index in [0.29, 0.717) is 0 Å². The van der Waals surface area contributed by atoms with Crippen molar-refractivity contribution < 1.29 is 0 Å². The first-order valence-electron chi connectivity index (χ1n) is 8.01. The van der Waals surface area contributed by atoms with Crippen molar-refractivity contribution in [3.8, 4) is 0 Å². The summed E-state index contributed by atoms with van der Waals surface area (Å²) in [5.74, 6) is 1.77. The Morgan fingerprint density at radius 1 is 0.889 bits per heavy atom. The highest BCUT2D eigenvalue weighted by Crippen LogP contribution is 2.33. The molecule has 0 aromatic carbocycles. The molecule has 18 heavy (non-hydrogen) atoms. The van der Waals surface area contributed by atoms with Gasteiger partial charge in [-0.15, -0.1) is 0 Å². The van der Waals surface area contributed by atoms with Crippen LogP contribution in [-0.4, -0.2) is 23.6 Å². The lowest BCUT2D eigenvalue weighted by Gasteiger charge is -2.40. The predicted molar refractivity (Wildman–Crippen MR) is 83.3 cm³/mol. The number of hydrogen-bond acceptors (Lipinski definition) is 2. The van der Waals surface area contributed by atoms with Gasteiger partial charge in [-0.1, -0.05) is 39.5 Å². The Labute approximate surface area is 118 Å². The molecule has 0 aromatic rings. The van der Waals surface area contributed by atoms with Crippen molar-refractivity contribution in [2.75, 3.05) is 6.26 Å². The van der Waals surface area contributed by atoms with E-state index in [-0.39, 0.29) is 0 Å². The highest BCUT2D eigenvalue weighted by atomic mass is 32.2. The van der Waals surface area contributed by atoms with Crippen LogP contribution in [0.25, 0.3) is 0 Å². The first kappa shape index (κ1) is 14.7. The Morgan fingerprint density at radius 3 is 2.17 bits per heavy atom. The highest BCUT2D eigenvalue weighted by molar-refractivity contribution is 7.99. The summed E-state index contributed by atoms with van der Waals surface area (Å²) in [6, 6.07) is 1.59. The molecule has 2 saturated carbocycles. The van der Waals surface area contributed by atoms with Gasteiger partial charge in [0.15, 0.2) is 0 Å². The average molecular weight is 269 g/mol. The molecule has 4 unspecified atom stereocenters. The van der Waals surface area contributed by atoms with E-state index in [4.69, 9.17) is 0 Å². The van der Waals surface area contributed by atoms with Crippen LogP contribution >= 0.6 is 11.8 Å². The molecular weight excluding hydrogens is 238 g/mol. The Balaban J connectivity index is 1.92. The average Bonchev–Trinajstić information content (AvgIpc) is 2.40. The largest absolute Gasteiger partial charge is 0.310 e. The fourth-order valence-corrected chi connectivity index (χ4v) is 4.95. The molecule has 2 aliphatic rings. The number of hydrogen-bond donors (Lipinski definition) is 1. The van der Waals surface area contributed by atoms with E-state index in [9.17, 15) is 0 Å². The molecule has 0 radical (unpaired) electrons. The summed E-state index contributed by atoms with van der Waals surface area (Å²) in [6.07, 6.45) is 13.8. The zero-order valence-corrected chi connectivity index (χ0v) is 13.3. The van der Waals surface area contributed by atoms with Gasteiger partial charge in [0.25, 0.3) is 0 Å². The Bertz CT molecular complexity index is 241. The van der Waals surface area contributed by atoms with Crippen LogP contribution < -0.4 is 5.32 Å². The maximum atomic E-state index is 4.07. The fraction of sp³-hybridized carbons (Fsp3) is 1.00. The maximum Gasteiger partial charge on any atom is 0.0198 e. The lowest BCUT2D eigenvalue weighted by Crippen LogP contribution is -2.50. The monoisotopic (exact) mass is 269 g/mol. The minimum atomic E-state index is 0.790. The molecule has 0 aliphatic heterocycles. The number of nitrogens with one attached hydrogen (secondary N) is 1. The molecule has 0 bridgehead atoms. The van der Waals surface area contributed by atoms with Gasteiger partial charge in [0.1, 0.15) is 0 Å². The topological polar surface area (TPSA) is 12.0 Å². The van der Waals surface area contributed by atoms with E-state index in [0.717, 1.165) is 29.2 Å². The van der Waals surface area contributed by atoms with Gasteiger partial charge in [-0.25, -0.2) is 0 Å². The van der Waals surface area contributed by atoms with Crippen molar-refractivity contribution in [2.45, 2.75) is 82.5 Å². The molecule has 4 atom stereocenters. The summed E-state index contributed by atoms with van der Waals surface area (Å²) in [5.41, 5.74) is 0. The van der Waals surface area contributed by atoms with Crippen LogP contribution in [0, 0.1) is 11.8 Å². The van der Waals surface area contributed by atoms with E-state index < -0.39 is 0 Å². The maximum absolute atomic E-state index is 4.07. The molecule has 0 saturated heterocycles. The zero-order chi connectivity index (χ0) is 13.0. The molecule has 0 amide bonds. The normalized spacial score (nSPS) is 38.0. The minimum Gasteiger partial charge on any atom is -0.310 e. The molecule has 1 nitrogen and oxygen atoms in total. The van der Waals surface area contributed by atoms with Crippen molar-refractivity contribution in [1.29, 1.82) is 0 Å². The van der Waals surface area contributed by atoms with E-state index in [1.807, 2.05) is 0 Å². The smallest absolute Gasteiger partial charge is 0.0198 e. The quantitative estimate of drug-likeness (QED) is 0.808. The molecule has 2 fully saturated rings.